The molecule has 0 radical (unpaired) electrons. The molecule has 3 N–H and O–H groups in total. The summed E-state index contributed by atoms with van der Waals surface area (Å²) in [7, 11) is -2.80. The van der Waals surface area contributed by atoms with Crippen molar-refractivity contribution >= 4 is 18.7 Å². The lowest BCUT2D eigenvalue weighted by molar-refractivity contribution is -0.0983. The zero-order valence-corrected chi connectivity index (χ0v) is 22.3. The van der Waals surface area contributed by atoms with Crippen molar-refractivity contribution in [2.24, 2.45) is 0 Å². The van der Waals surface area contributed by atoms with Crippen molar-refractivity contribution < 1.29 is 19.7 Å². The van der Waals surface area contributed by atoms with Crippen LogP contribution in [0.15, 0.2) is 60.7 Å². The van der Waals surface area contributed by atoms with Gasteiger partial charge in [-0.05, 0) is 48.5 Å². The van der Waals surface area contributed by atoms with E-state index < -0.39 is 25.6 Å². The Morgan fingerprint density at radius 2 is 1.30 bits per heavy atom. The Bertz CT molecular complexity index is 788. The Kier molecular flexibility index (Phi) is 9.48. The van der Waals surface area contributed by atoms with Crippen molar-refractivity contribution in [3.05, 3.63) is 60.7 Å². The van der Waals surface area contributed by atoms with Crippen LogP contribution in [0, 0.1) is 0 Å². The maximum atomic E-state index is 11.2. The van der Waals surface area contributed by atoms with Crippen LogP contribution in [0.2, 0.25) is 5.04 Å². The molecule has 0 aliphatic rings. The van der Waals surface area contributed by atoms with Gasteiger partial charge in [0.1, 0.15) is 5.60 Å². The van der Waals surface area contributed by atoms with Gasteiger partial charge < -0.3 is 19.7 Å². The highest BCUT2D eigenvalue weighted by molar-refractivity contribution is 6.99. The van der Waals surface area contributed by atoms with Gasteiger partial charge in [0.25, 0.3) is 8.32 Å². The van der Waals surface area contributed by atoms with E-state index in [2.05, 4.69) is 52.0 Å². The largest absolute Gasteiger partial charge is 0.404 e. The first-order valence-corrected chi connectivity index (χ1v) is 14.1. The lowest BCUT2D eigenvalue weighted by atomic mass is 9.88. The van der Waals surface area contributed by atoms with E-state index in [1.165, 1.54) is 0 Å². The molecule has 2 aromatic carbocycles. The number of aliphatic hydroxyl groups excluding tert-OH is 1. The van der Waals surface area contributed by atoms with Crippen LogP contribution in [-0.2, 0) is 4.43 Å². The van der Waals surface area contributed by atoms with Gasteiger partial charge >= 0.3 is 0 Å². The van der Waals surface area contributed by atoms with Crippen LogP contribution >= 0.6 is 0 Å². The van der Waals surface area contributed by atoms with Gasteiger partial charge in [-0.2, -0.15) is 0 Å². The van der Waals surface area contributed by atoms with Crippen molar-refractivity contribution in [1.29, 1.82) is 0 Å². The minimum atomic E-state index is -2.80. The third kappa shape index (κ3) is 7.00. The van der Waals surface area contributed by atoms with Crippen molar-refractivity contribution in [2.45, 2.75) is 96.0 Å². The van der Waals surface area contributed by atoms with E-state index in [0.29, 0.717) is 19.3 Å². The lowest BCUT2D eigenvalue weighted by Crippen LogP contribution is -2.68. The molecule has 2 rings (SSSR count). The third-order valence-electron chi connectivity index (χ3n) is 6.74. The molecule has 0 saturated heterocycles. The monoisotopic (exact) mass is 472 g/mol. The zero-order valence-electron chi connectivity index (χ0n) is 21.3. The highest BCUT2D eigenvalue weighted by atomic mass is 28.4. The predicted octanol–water partition coefficient (Wildman–Crippen LogP) is 4.40. The van der Waals surface area contributed by atoms with Gasteiger partial charge in [0.15, 0.2) is 0 Å². The standard InChI is InChI=1S/C28H44O4Si/c1-7-8-20-27(5,30)21-19-25(29)28(6,31)22-32-33(26(2,3)4,23-15-11-9-12-16-23)24-17-13-10-14-18-24/h9-18,25,29-31H,7-8,19-22H2,1-6H3/t25?,27-,28+/m0/s1. The number of hydrogen-bond donors (Lipinski definition) is 3. The molecule has 0 aliphatic carbocycles. The number of unbranched alkanes of at least 4 members (excludes halogenated alkanes) is 1. The molecule has 0 saturated carbocycles. The summed E-state index contributed by atoms with van der Waals surface area (Å²) in [5.41, 5.74) is -2.28. The third-order valence-corrected chi connectivity index (χ3v) is 11.7. The molecule has 2 aromatic rings. The summed E-state index contributed by atoms with van der Waals surface area (Å²) in [6.45, 7) is 12.1. The van der Waals surface area contributed by atoms with Gasteiger partial charge in [-0.25, -0.2) is 0 Å². The summed E-state index contributed by atoms with van der Waals surface area (Å²) >= 11 is 0. The zero-order chi connectivity index (χ0) is 24.8. The van der Waals surface area contributed by atoms with Crippen LogP contribution in [0.25, 0.3) is 0 Å². The van der Waals surface area contributed by atoms with Gasteiger partial charge in [-0.3, -0.25) is 0 Å². The number of rotatable bonds is 12. The molecule has 0 heterocycles. The number of benzene rings is 2. The summed E-state index contributed by atoms with van der Waals surface area (Å²) in [6.07, 6.45) is 2.40. The van der Waals surface area contributed by atoms with Crippen molar-refractivity contribution in [3.8, 4) is 0 Å². The Morgan fingerprint density at radius 1 is 0.818 bits per heavy atom. The second-order valence-corrected chi connectivity index (χ2v) is 15.3. The van der Waals surface area contributed by atoms with Gasteiger partial charge in [0, 0.05) is 0 Å². The van der Waals surface area contributed by atoms with Crippen LogP contribution < -0.4 is 10.4 Å². The molecule has 0 fully saturated rings. The van der Waals surface area contributed by atoms with Crippen LogP contribution in [0.1, 0.15) is 73.6 Å². The molecular weight excluding hydrogens is 428 g/mol. The molecule has 33 heavy (non-hydrogen) atoms. The molecule has 0 aliphatic heterocycles. The molecule has 5 heteroatoms. The van der Waals surface area contributed by atoms with Crippen LogP contribution in [0.5, 0.6) is 0 Å². The van der Waals surface area contributed by atoms with Crippen LogP contribution in [0.3, 0.4) is 0 Å². The Hall–Kier alpha value is -1.50. The van der Waals surface area contributed by atoms with Crippen molar-refractivity contribution in [1.82, 2.24) is 0 Å². The van der Waals surface area contributed by atoms with Crippen LogP contribution in [0.4, 0.5) is 0 Å². The van der Waals surface area contributed by atoms with E-state index in [1.54, 1.807) is 6.92 Å². The summed E-state index contributed by atoms with van der Waals surface area (Å²) in [4.78, 5) is 0. The van der Waals surface area contributed by atoms with E-state index in [-0.39, 0.29) is 11.6 Å². The summed E-state index contributed by atoms with van der Waals surface area (Å²) < 4.78 is 6.82. The van der Waals surface area contributed by atoms with Crippen molar-refractivity contribution in [2.75, 3.05) is 6.61 Å². The minimum absolute atomic E-state index is 0.0125. The first-order valence-electron chi connectivity index (χ1n) is 12.2. The molecule has 184 valence electrons. The Balaban J connectivity index is 2.30. The molecule has 0 amide bonds. The van der Waals surface area contributed by atoms with Gasteiger partial charge in [-0.15, -0.1) is 0 Å². The smallest absolute Gasteiger partial charge is 0.261 e. The highest BCUT2D eigenvalue weighted by Crippen LogP contribution is 2.37. The SMILES string of the molecule is CCCC[C@](C)(O)CCC(O)[C@](C)(O)CO[Si](c1ccccc1)(c1ccccc1)C(C)(C)C. The molecule has 0 aromatic heterocycles. The quantitative estimate of drug-likeness (QED) is 0.401. The normalized spacial score (nSPS) is 17.2. The molecule has 4 nitrogen and oxygen atoms in total. The van der Waals surface area contributed by atoms with Crippen LogP contribution in [-0.4, -0.2) is 47.5 Å². The fourth-order valence-electron chi connectivity index (χ4n) is 4.55. The van der Waals surface area contributed by atoms with Crippen molar-refractivity contribution in [3.63, 3.8) is 0 Å². The fraction of sp³-hybridized carbons (Fsp3) is 0.571. The predicted molar refractivity (Wildman–Crippen MR) is 140 cm³/mol. The summed E-state index contributed by atoms with van der Waals surface area (Å²) in [5, 5.41) is 34.8. The Labute approximate surface area is 201 Å². The van der Waals surface area contributed by atoms with Gasteiger partial charge in [-0.1, -0.05) is 101 Å². The maximum Gasteiger partial charge on any atom is 0.261 e. The highest BCUT2D eigenvalue weighted by Gasteiger charge is 2.51. The van der Waals surface area contributed by atoms with E-state index in [1.807, 2.05) is 43.3 Å². The van der Waals surface area contributed by atoms with Gasteiger partial charge in [0.05, 0.1) is 18.3 Å². The molecule has 0 bridgehead atoms. The average molecular weight is 473 g/mol. The van der Waals surface area contributed by atoms with Gasteiger partial charge in [0.2, 0.25) is 0 Å². The van der Waals surface area contributed by atoms with E-state index in [0.717, 1.165) is 23.2 Å². The molecule has 1 unspecified atom stereocenters. The number of aliphatic hydroxyl groups is 3. The summed E-state index contributed by atoms with van der Waals surface area (Å²) in [6, 6.07) is 20.6. The van der Waals surface area contributed by atoms with E-state index in [4.69, 9.17) is 4.43 Å². The topological polar surface area (TPSA) is 69.9 Å². The molecular formula is C28H44O4Si. The maximum absolute atomic E-state index is 11.2. The first kappa shape index (κ1) is 27.7. The number of hydrogen-bond acceptors (Lipinski definition) is 4. The van der Waals surface area contributed by atoms with E-state index in [9.17, 15) is 15.3 Å². The molecule has 3 atom stereocenters. The fourth-order valence-corrected chi connectivity index (χ4v) is 9.22. The van der Waals surface area contributed by atoms with E-state index >= 15 is 0 Å². The first-order chi connectivity index (χ1) is 15.4. The summed E-state index contributed by atoms with van der Waals surface area (Å²) in [5.74, 6) is 0. The second kappa shape index (κ2) is 11.3. The molecule has 0 spiro atoms. The Morgan fingerprint density at radius 3 is 1.73 bits per heavy atom. The minimum Gasteiger partial charge on any atom is -0.404 e. The average Bonchev–Trinajstić information content (AvgIpc) is 2.77. The second-order valence-electron chi connectivity index (χ2n) is 11.0. The lowest BCUT2D eigenvalue weighted by Gasteiger charge is -2.45.